The lowest BCUT2D eigenvalue weighted by Crippen LogP contribution is -2.45. The van der Waals surface area contributed by atoms with Gasteiger partial charge in [0.15, 0.2) is 0 Å². The fourth-order valence-corrected chi connectivity index (χ4v) is 2.17. The van der Waals surface area contributed by atoms with Crippen molar-refractivity contribution >= 4 is 21.9 Å². The topological polar surface area (TPSA) is 29.5 Å². The largest absolute Gasteiger partial charge is 0.459 e. The summed E-state index contributed by atoms with van der Waals surface area (Å²) in [5.74, 6) is -0.220. The quantitative estimate of drug-likeness (QED) is 0.744. The summed E-state index contributed by atoms with van der Waals surface area (Å²) in [6.45, 7) is 11.9. The van der Waals surface area contributed by atoms with Crippen LogP contribution in [0.3, 0.4) is 0 Å². The van der Waals surface area contributed by atoms with Gasteiger partial charge in [0.05, 0.1) is 0 Å². The van der Waals surface area contributed by atoms with Gasteiger partial charge in [0, 0.05) is 10.0 Å². The molecule has 0 radical (unpaired) electrons. The predicted octanol–water partition coefficient (Wildman–Crippen LogP) is 4.56. The summed E-state index contributed by atoms with van der Waals surface area (Å²) in [6.07, 6.45) is 0. The van der Waals surface area contributed by atoms with Crippen molar-refractivity contribution < 1.29 is 9.53 Å². The van der Waals surface area contributed by atoms with Gasteiger partial charge in [0.2, 0.25) is 0 Å². The van der Waals surface area contributed by atoms with Crippen molar-refractivity contribution in [2.24, 2.45) is 0 Å². The normalized spacial score (nSPS) is 14.1. The molecule has 1 aromatic carbocycles. The van der Waals surface area contributed by atoms with Crippen LogP contribution in [0, 0.1) is 0 Å². The van der Waals surface area contributed by atoms with E-state index in [4.69, 9.17) is 4.74 Å². The third-order valence-electron chi connectivity index (χ3n) is 3.26. The van der Waals surface area contributed by atoms with E-state index in [2.05, 4.69) is 36.7 Å². The van der Waals surface area contributed by atoms with Crippen LogP contribution in [0.1, 0.15) is 53.1 Å². The van der Waals surface area contributed by atoms with Gasteiger partial charge in [-0.05, 0) is 66.3 Å². The van der Waals surface area contributed by atoms with Crippen molar-refractivity contribution in [3.63, 3.8) is 0 Å². The van der Waals surface area contributed by atoms with Crippen LogP contribution in [-0.2, 0) is 9.53 Å². The molecule has 0 aromatic heterocycles. The lowest BCUT2D eigenvalue weighted by molar-refractivity contribution is -0.163. The molecule has 1 atom stereocenters. The molecule has 3 nitrogen and oxygen atoms in total. The zero-order valence-corrected chi connectivity index (χ0v) is 15.6. The van der Waals surface area contributed by atoms with E-state index in [0.29, 0.717) is 0 Å². The Hall–Kier alpha value is -0.870. The van der Waals surface area contributed by atoms with Gasteiger partial charge in [-0.15, -0.1) is 0 Å². The summed E-state index contributed by atoms with van der Waals surface area (Å²) >= 11 is 3.43. The Kier molecular flexibility index (Phi) is 5.62. The van der Waals surface area contributed by atoms with Crippen LogP contribution in [0.25, 0.3) is 0 Å². The summed E-state index contributed by atoms with van der Waals surface area (Å²) in [5.41, 5.74) is 0.294. The number of hydrogen-bond acceptors (Lipinski definition) is 3. The molecule has 0 fully saturated rings. The average molecular weight is 356 g/mol. The molecule has 0 amide bonds. The molecule has 21 heavy (non-hydrogen) atoms. The Labute approximate surface area is 136 Å². The number of carbonyl (C=O) groups excluding carboxylic acids is 1. The summed E-state index contributed by atoms with van der Waals surface area (Å²) in [7, 11) is 1.95. The molecule has 0 aliphatic rings. The molecule has 0 saturated heterocycles. The fraction of sp³-hybridized carbons (Fsp3) is 0.588. The number of nitrogens with zero attached hydrogens (tertiary/aromatic N) is 1. The van der Waals surface area contributed by atoms with Gasteiger partial charge in [0.1, 0.15) is 11.6 Å². The van der Waals surface area contributed by atoms with Crippen molar-refractivity contribution in [1.29, 1.82) is 0 Å². The highest BCUT2D eigenvalue weighted by atomic mass is 79.9. The second-order valence-electron chi connectivity index (χ2n) is 7.27. The van der Waals surface area contributed by atoms with Crippen LogP contribution in [0.4, 0.5) is 0 Å². The lowest BCUT2D eigenvalue weighted by Gasteiger charge is -2.38. The maximum Gasteiger partial charge on any atom is 0.328 e. The van der Waals surface area contributed by atoms with E-state index in [1.807, 2.05) is 57.0 Å². The van der Waals surface area contributed by atoms with E-state index in [1.54, 1.807) is 0 Å². The molecule has 118 valence electrons. The number of benzene rings is 1. The fourth-order valence-electron chi connectivity index (χ4n) is 1.91. The van der Waals surface area contributed by atoms with Gasteiger partial charge in [0.25, 0.3) is 0 Å². The van der Waals surface area contributed by atoms with Crippen molar-refractivity contribution in [2.75, 3.05) is 7.05 Å². The first-order valence-corrected chi connectivity index (χ1v) is 7.92. The molecular formula is C17H26BrNO2. The number of esters is 1. The Balaban J connectivity index is 3.17. The Morgan fingerprint density at radius 2 is 1.57 bits per heavy atom. The first-order valence-electron chi connectivity index (χ1n) is 7.13. The minimum atomic E-state index is -0.497. The van der Waals surface area contributed by atoms with Crippen LogP contribution >= 0.6 is 15.9 Å². The molecule has 0 spiro atoms. The van der Waals surface area contributed by atoms with Crippen molar-refractivity contribution in [3.8, 4) is 0 Å². The van der Waals surface area contributed by atoms with E-state index in [9.17, 15) is 4.79 Å². The number of carbonyl (C=O) groups is 1. The molecule has 1 unspecified atom stereocenters. The minimum Gasteiger partial charge on any atom is -0.459 e. The number of hydrogen-bond donors (Lipinski definition) is 0. The number of rotatable bonds is 3. The average Bonchev–Trinajstić information content (AvgIpc) is 2.28. The highest BCUT2D eigenvalue weighted by molar-refractivity contribution is 9.10. The predicted molar refractivity (Wildman–Crippen MR) is 90.2 cm³/mol. The maximum absolute atomic E-state index is 12.7. The smallest absolute Gasteiger partial charge is 0.328 e. The summed E-state index contributed by atoms with van der Waals surface area (Å²) in [4.78, 5) is 14.7. The first kappa shape index (κ1) is 18.2. The first-order chi connectivity index (χ1) is 9.42. The molecular weight excluding hydrogens is 330 g/mol. The van der Waals surface area contributed by atoms with Crippen molar-refractivity contribution in [1.82, 2.24) is 4.90 Å². The molecule has 0 bridgehead atoms. The summed E-state index contributed by atoms with van der Waals surface area (Å²) in [6, 6.07) is 7.39. The number of likely N-dealkylation sites (N-methyl/N-ethyl adjacent to an activating group) is 1. The van der Waals surface area contributed by atoms with E-state index in [1.165, 1.54) is 0 Å². The third-order valence-corrected chi connectivity index (χ3v) is 3.79. The van der Waals surface area contributed by atoms with E-state index >= 15 is 0 Å². The molecule has 1 aromatic rings. The zero-order valence-electron chi connectivity index (χ0n) is 14.0. The molecule has 0 aliphatic carbocycles. The van der Waals surface area contributed by atoms with E-state index in [0.717, 1.165) is 10.0 Å². The summed E-state index contributed by atoms with van der Waals surface area (Å²) in [5, 5.41) is 0. The molecule has 0 N–H and O–H groups in total. The van der Waals surface area contributed by atoms with Crippen LogP contribution in [0.5, 0.6) is 0 Å². The minimum absolute atomic E-state index is 0.144. The molecule has 4 heteroatoms. The maximum atomic E-state index is 12.7. The van der Waals surface area contributed by atoms with Gasteiger partial charge in [-0.1, -0.05) is 28.1 Å². The molecule has 0 aliphatic heterocycles. The SMILES string of the molecule is CN(C(C(=O)OC(C)(C)C)c1ccc(Br)cc1)C(C)(C)C. The van der Waals surface area contributed by atoms with Crippen LogP contribution < -0.4 is 0 Å². The van der Waals surface area contributed by atoms with Crippen LogP contribution in [0.15, 0.2) is 28.7 Å². The van der Waals surface area contributed by atoms with Crippen LogP contribution in [-0.4, -0.2) is 29.1 Å². The third kappa shape index (κ3) is 5.44. The van der Waals surface area contributed by atoms with Crippen molar-refractivity contribution in [3.05, 3.63) is 34.3 Å². The molecule has 1 rings (SSSR count). The van der Waals surface area contributed by atoms with Gasteiger partial charge >= 0.3 is 5.97 Å². The highest BCUT2D eigenvalue weighted by Gasteiger charge is 2.34. The Morgan fingerprint density at radius 3 is 1.95 bits per heavy atom. The highest BCUT2D eigenvalue weighted by Crippen LogP contribution is 2.30. The van der Waals surface area contributed by atoms with Gasteiger partial charge < -0.3 is 4.74 Å². The summed E-state index contributed by atoms with van der Waals surface area (Å²) < 4.78 is 6.60. The Bertz CT molecular complexity index is 483. The molecule has 0 saturated carbocycles. The second-order valence-corrected chi connectivity index (χ2v) is 8.18. The number of ether oxygens (including phenoxy) is 1. The lowest BCUT2D eigenvalue weighted by atomic mass is 9.98. The van der Waals surface area contributed by atoms with Gasteiger partial charge in [-0.2, -0.15) is 0 Å². The van der Waals surface area contributed by atoms with Crippen LogP contribution in [0.2, 0.25) is 0 Å². The van der Waals surface area contributed by atoms with Gasteiger partial charge in [-0.25, -0.2) is 4.79 Å². The second kappa shape index (κ2) is 6.49. The monoisotopic (exact) mass is 355 g/mol. The standard InChI is InChI=1S/C17H26BrNO2/c1-16(2,3)19(7)14(15(20)21-17(4,5)6)12-8-10-13(18)11-9-12/h8-11,14H,1-7H3. The Morgan fingerprint density at radius 1 is 1.10 bits per heavy atom. The van der Waals surface area contributed by atoms with E-state index < -0.39 is 11.6 Å². The number of halogens is 1. The van der Waals surface area contributed by atoms with Gasteiger partial charge in [-0.3, -0.25) is 4.90 Å². The zero-order chi connectivity index (χ0) is 16.4. The van der Waals surface area contributed by atoms with E-state index in [-0.39, 0.29) is 11.5 Å². The van der Waals surface area contributed by atoms with Crippen molar-refractivity contribution in [2.45, 2.75) is 58.7 Å². The molecule has 0 heterocycles.